The smallest absolute Gasteiger partial charge is 0.265 e. The summed E-state index contributed by atoms with van der Waals surface area (Å²) in [5.41, 5.74) is 0.879. The molecule has 22 heavy (non-hydrogen) atoms. The van der Waals surface area contributed by atoms with Crippen molar-refractivity contribution in [2.45, 2.75) is 18.7 Å². The normalized spacial score (nSPS) is 11.5. The van der Waals surface area contributed by atoms with Crippen molar-refractivity contribution in [1.82, 2.24) is 0 Å². The minimum absolute atomic E-state index is 0.179. The van der Waals surface area contributed by atoms with E-state index in [9.17, 15) is 26.7 Å². The minimum Gasteiger partial charge on any atom is -0.505 e. The van der Waals surface area contributed by atoms with Gasteiger partial charge in [0.25, 0.3) is 10.0 Å². The number of phenolic OH excluding ortho intramolecular Hbond substituents is 1. The molecule has 0 atom stereocenters. The van der Waals surface area contributed by atoms with Gasteiger partial charge in [-0.1, -0.05) is 6.07 Å². The van der Waals surface area contributed by atoms with Crippen LogP contribution in [0.1, 0.15) is 11.1 Å². The third-order valence-corrected chi connectivity index (χ3v) is 4.36. The van der Waals surface area contributed by atoms with Crippen molar-refractivity contribution in [3.8, 4) is 5.75 Å². The van der Waals surface area contributed by atoms with Crippen LogP contribution in [0, 0.1) is 31.3 Å². The molecule has 2 aromatic rings. The molecule has 0 aliphatic carbocycles. The van der Waals surface area contributed by atoms with Crippen LogP contribution in [0.15, 0.2) is 29.2 Å². The molecule has 2 N–H and O–H groups in total. The highest BCUT2D eigenvalue weighted by atomic mass is 32.2. The van der Waals surface area contributed by atoms with Gasteiger partial charge in [0.15, 0.2) is 17.5 Å². The van der Waals surface area contributed by atoms with Gasteiger partial charge in [-0.25, -0.2) is 21.6 Å². The fourth-order valence-corrected chi connectivity index (χ4v) is 3.08. The molecule has 8 heteroatoms. The van der Waals surface area contributed by atoms with E-state index >= 15 is 0 Å². The average molecular weight is 331 g/mol. The number of nitrogens with one attached hydrogen (secondary N) is 1. The number of sulfonamides is 1. The Morgan fingerprint density at radius 1 is 1.05 bits per heavy atom. The molecule has 0 saturated heterocycles. The monoisotopic (exact) mass is 331 g/mol. The zero-order valence-electron chi connectivity index (χ0n) is 11.6. The molecule has 0 amide bonds. The SMILES string of the molecule is Cc1cc(C)c(O)c(NS(=O)(=O)c2ccc(F)c(F)c2F)c1. The molecule has 0 unspecified atom stereocenters. The molecule has 0 fully saturated rings. The number of hydrogen-bond donors (Lipinski definition) is 2. The second-order valence-corrected chi connectivity index (χ2v) is 6.41. The van der Waals surface area contributed by atoms with E-state index in [4.69, 9.17) is 0 Å². The Labute approximate surface area is 125 Å². The van der Waals surface area contributed by atoms with Crippen LogP contribution >= 0.6 is 0 Å². The van der Waals surface area contributed by atoms with Gasteiger partial charge in [0, 0.05) is 0 Å². The number of hydrogen-bond acceptors (Lipinski definition) is 3. The van der Waals surface area contributed by atoms with Crippen molar-refractivity contribution < 1.29 is 26.7 Å². The molecule has 0 aromatic heterocycles. The van der Waals surface area contributed by atoms with Crippen LogP contribution in [0.3, 0.4) is 0 Å². The maximum absolute atomic E-state index is 13.6. The number of aromatic hydroxyl groups is 1. The summed E-state index contributed by atoms with van der Waals surface area (Å²) in [4.78, 5) is -1.05. The lowest BCUT2D eigenvalue weighted by molar-refractivity contribution is 0.432. The zero-order valence-corrected chi connectivity index (χ0v) is 12.4. The molecule has 0 spiro atoms. The van der Waals surface area contributed by atoms with Gasteiger partial charge in [-0.3, -0.25) is 4.72 Å². The third-order valence-electron chi connectivity index (χ3n) is 2.98. The van der Waals surface area contributed by atoms with Crippen LogP contribution < -0.4 is 4.72 Å². The van der Waals surface area contributed by atoms with Crippen LogP contribution in [-0.4, -0.2) is 13.5 Å². The summed E-state index contributed by atoms with van der Waals surface area (Å²) >= 11 is 0. The lowest BCUT2D eigenvalue weighted by Gasteiger charge is -2.13. The highest BCUT2D eigenvalue weighted by molar-refractivity contribution is 7.92. The van der Waals surface area contributed by atoms with Crippen LogP contribution in [0.4, 0.5) is 18.9 Å². The molecule has 4 nitrogen and oxygen atoms in total. The van der Waals surface area contributed by atoms with Crippen molar-refractivity contribution in [1.29, 1.82) is 0 Å². The molecular formula is C14H12F3NO3S. The van der Waals surface area contributed by atoms with E-state index in [0.29, 0.717) is 23.3 Å². The maximum Gasteiger partial charge on any atom is 0.265 e. The van der Waals surface area contributed by atoms with Crippen molar-refractivity contribution in [3.05, 3.63) is 52.8 Å². The van der Waals surface area contributed by atoms with Gasteiger partial charge in [-0.2, -0.15) is 0 Å². The summed E-state index contributed by atoms with van der Waals surface area (Å²) in [7, 11) is -4.53. The maximum atomic E-state index is 13.6. The molecule has 118 valence electrons. The van der Waals surface area contributed by atoms with Gasteiger partial charge in [0.05, 0.1) is 5.69 Å². The highest BCUT2D eigenvalue weighted by Gasteiger charge is 2.25. The Hall–Kier alpha value is -2.22. The fourth-order valence-electron chi connectivity index (χ4n) is 1.95. The van der Waals surface area contributed by atoms with Crippen molar-refractivity contribution in [3.63, 3.8) is 0 Å². The van der Waals surface area contributed by atoms with Gasteiger partial charge >= 0.3 is 0 Å². The summed E-state index contributed by atoms with van der Waals surface area (Å²) in [6, 6.07) is 4.06. The second kappa shape index (κ2) is 5.53. The predicted octanol–water partition coefficient (Wildman–Crippen LogP) is 3.23. The van der Waals surface area contributed by atoms with E-state index in [1.807, 2.05) is 4.72 Å². The van der Waals surface area contributed by atoms with E-state index in [1.54, 1.807) is 19.9 Å². The molecule has 0 heterocycles. The third kappa shape index (κ3) is 2.87. The van der Waals surface area contributed by atoms with E-state index in [1.165, 1.54) is 6.07 Å². The first-order chi connectivity index (χ1) is 10.1. The average Bonchev–Trinajstić information content (AvgIpc) is 2.41. The van der Waals surface area contributed by atoms with E-state index in [2.05, 4.69) is 0 Å². The molecule has 2 aromatic carbocycles. The van der Waals surface area contributed by atoms with Crippen LogP contribution in [-0.2, 0) is 10.0 Å². The Morgan fingerprint density at radius 3 is 2.32 bits per heavy atom. The summed E-state index contributed by atoms with van der Waals surface area (Å²) in [5, 5.41) is 9.85. The number of benzene rings is 2. The number of anilines is 1. The van der Waals surface area contributed by atoms with Crippen LogP contribution in [0.25, 0.3) is 0 Å². The van der Waals surface area contributed by atoms with E-state index in [-0.39, 0.29) is 11.4 Å². The highest BCUT2D eigenvalue weighted by Crippen LogP contribution is 2.31. The summed E-state index contributed by atoms with van der Waals surface area (Å²) in [5.74, 6) is -5.54. The molecule has 0 aliphatic rings. The van der Waals surface area contributed by atoms with Crippen LogP contribution in [0.2, 0.25) is 0 Å². The van der Waals surface area contributed by atoms with E-state index < -0.39 is 32.4 Å². The van der Waals surface area contributed by atoms with Crippen LogP contribution in [0.5, 0.6) is 5.75 Å². The lowest BCUT2D eigenvalue weighted by Crippen LogP contribution is -2.16. The molecule has 0 radical (unpaired) electrons. The first kappa shape index (κ1) is 16.2. The lowest BCUT2D eigenvalue weighted by atomic mass is 10.1. The Kier molecular flexibility index (Phi) is 4.06. The minimum atomic E-state index is -4.53. The summed E-state index contributed by atoms with van der Waals surface area (Å²) in [6.45, 7) is 3.22. The van der Waals surface area contributed by atoms with Gasteiger partial charge in [0.1, 0.15) is 10.6 Å². The molecule has 0 bridgehead atoms. The van der Waals surface area contributed by atoms with Crippen molar-refractivity contribution in [2.75, 3.05) is 4.72 Å². The van der Waals surface area contributed by atoms with Gasteiger partial charge < -0.3 is 5.11 Å². The Morgan fingerprint density at radius 2 is 1.68 bits per heavy atom. The van der Waals surface area contributed by atoms with E-state index in [0.717, 1.165) is 0 Å². The second-order valence-electron chi connectivity index (χ2n) is 4.76. The van der Waals surface area contributed by atoms with Gasteiger partial charge in [-0.15, -0.1) is 0 Å². The Bertz CT molecular complexity index is 851. The topological polar surface area (TPSA) is 66.4 Å². The summed E-state index contributed by atoms with van der Waals surface area (Å²) < 4.78 is 65.9. The molecule has 0 saturated carbocycles. The standard InChI is InChI=1S/C14H12F3NO3S/c1-7-5-8(2)14(19)10(6-7)18-22(20,21)11-4-3-9(15)12(16)13(11)17/h3-6,18-19H,1-2H3. The van der Waals surface area contributed by atoms with Crippen molar-refractivity contribution in [2.24, 2.45) is 0 Å². The molecule has 0 aliphatic heterocycles. The number of phenols is 1. The fraction of sp³-hybridized carbons (Fsp3) is 0.143. The largest absolute Gasteiger partial charge is 0.505 e. The Balaban J connectivity index is 2.52. The number of aryl methyl sites for hydroxylation is 2. The summed E-state index contributed by atoms with van der Waals surface area (Å²) in [6.07, 6.45) is 0. The van der Waals surface area contributed by atoms with Gasteiger partial charge in [0.2, 0.25) is 0 Å². The number of halogens is 3. The van der Waals surface area contributed by atoms with Crippen molar-refractivity contribution >= 4 is 15.7 Å². The first-order valence-corrected chi connectivity index (χ1v) is 7.58. The molecule has 2 rings (SSSR count). The van der Waals surface area contributed by atoms with Gasteiger partial charge in [-0.05, 0) is 43.2 Å². The predicted molar refractivity (Wildman–Crippen MR) is 74.7 cm³/mol. The molecular weight excluding hydrogens is 319 g/mol. The quantitative estimate of drug-likeness (QED) is 0.670. The zero-order chi connectivity index (χ0) is 16.7. The first-order valence-electron chi connectivity index (χ1n) is 6.10. The number of rotatable bonds is 3.